The van der Waals surface area contributed by atoms with Crippen molar-refractivity contribution in [1.29, 1.82) is 0 Å². The maximum Gasteiger partial charge on any atom is 0.261 e. The zero-order valence-electron chi connectivity index (χ0n) is 12.4. The van der Waals surface area contributed by atoms with Crippen molar-refractivity contribution in [1.82, 2.24) is 10.2 Å². The largest absolute Gasteiger partial charge is 0.380 e. The van der Waals surface area contributed by atoms with Crippen LogP contribution in [-0.2, 0) is 9.53 Å². The number of nitrogens with two attached hydrogens (primary N) is 1. The van der Waals surface area contributed by atoms with Gasteiger partial charge in [-0.2, -0.15) is 0 Å². The molecule has 0 saturated heterocycles. The van der Waals surface area contributed by atoms with Crippen molar-refractivity contribution < 1.29 is 19.1 Å². The molecule has 0 spiro atoms. The molecule has 1 aromatic carbocycles. The van der Waals surface area contributed by atoms with Crippen molar-refractivity contribution in [3.8, 4) is 0 Å². The first kappa shape index (κ1) is 16.1. The second-order valence-corrected chi connectivity index (χ2v) is 4.96. The third kappa shape index (κ3) is 3.32. The summed E-state index contributed by atoms with van der Waals surface area (Å²) in [5, 5.41) is 2.66. The van der Waals surface area contributed by atoms with E-state index in [1.165, 1.54) is 7.11 Å². The van der Waals surface area contributed by atoms with Gasteiger partial charge in [-0.1, -0.05) is 12.1 Å². The molecule has 1 aliphatic heterocycles. The molecule has 1 atom stereocenters. The molecule has 1 aromatic rings. The van der Waals surface area contributed by atoms with Gasteiger partial charge < -0.3 is 15.8 Å². The number of rotatable bonds is 7. The fourth-order valence-electron chi connectivity index (χ4n) is 2.29. The molecule has 0 radical (unpaired) electrons. The standard InChI is InChI=1S/C15H19N3O4/c1-22-10(9-16)8-13(19)17-6-7-18-14(20)11-4-2-3-5-12(11)15(18)21/h2-5,10H,6-9,16H2,1H3,(H,17,19). The highest BCUT2D eigenvalue weighted by Gasteiger charge is 2.34. The van der Waals surface area contributed by atoms with Crippen LogP contribution >= 0.6 is 0 Å². The van der Waals surface area contributed by atoms with Gasteiger partial charge in [0.15, 0.2) is 0 Å². The van der Waals surface area contributed by atoms with Gasteiger partial charge in [-0.05, 0) is 12.1 Å². The monoisotopic (exact) mass is 305 g/mol. The number of hydrogen-bond acceptors (Lipinski definition) is 5. The molecule has 0 fully saturated rings. The minimum absolute atomic E-state index is 0.137. The highest BCUT2D eigenvalue weighted by molar-refractivity contribution is 6.21. The number of methoxy groups -OCH3 is 1. The Kier molecular flexibility index (Phi) is 5.24. The van der Waals surface area contributed by atoms with E-state index in [9.17, 15) is 14.4 Å². The summed E-state index contributed by atoms with van der Waals surface area (Å²) in [4.78, 5) is 37.1. The first-order valence-corrected chi connectivity index (χ1v) is 7.03. The fourth-order valence-corrected chi connectivity index (χ4v) is 2.29. The van der Waals surface area contributed by atoms with Gasteiger partial charge in [-0.3, -0.25) is 19.3 Å². The van der Waals surface area contributed by atoms with Crippen LogP contribution < -0.4 is 11.1 Å². The highest BCUT2D eigenvalue weighted by Crippen LogP contribution is 2.21. The molecule has 7 heteroatoms. The van der Waals surface area contributed by atoms with Crippen molar-refractivity contribution in [2.45, 2.75) is 12.5 Å². The Labute approximate surface area is 128 Å². The Balaban J connectivity index is 1.85. The van der Waals surface area contributed by atoms with Crippen molar-refractivity contribution in [3.05, 3.63) is 35.4 Å². The van der Waals surface area contributed by atoms with E-state index in [1.54, 1.807) is 24.3 Å². The lowest BCUT2D eigenvalue weighted by atomic mass is 10.1. The Morgan fingerprint density at radius 3 is 2.36 bits per heavy atom. The van der Waals surface area contributed by atoms with Crippen LogP contribution in [0.4, 0.5) is 0 Å². The maximum absolute atomic E-state index is 12.1. The number of benzene rings is 1. The Hall–Kier alpha value is -2.25. The van der Waals surface area contributed by atoms with Crippen molar-refractivity contribution in [2.75, 3.05) is 26.7 Å². The third-order valence-electron chi connectivity index (χ3n) is 3.55. The van der Waals surface area contributed by atoms with Crippen LogP contribution in [-0.4, -0.2) is 55.5 Å². The van der Waals surface area contributed by atoms with E-state index in [-0.39, 0.29) is 49.9 Å². The first-order chi connectivity index (χ1) is 10.6. The molecule has 1 unspecified atom stereocenters. The van der Waals surface area contributed by atoms with E-state index in [1.807, 2.05) is 0 Å². The van der Waals surface area contributed by atoms with E-state index in [2.05, 4.69) is 5.32 Å². The molecule has 22 heavy (non-hydrogen) atoms. The minimum atomic E-state index is -0.334. The number of ether oxygens (including phenoxy) is 1. The maximum atomic E-state index is 12.1. The zero-order chi connectivity index (χ0) is 16.1. The summed E-state index contributed by atoms with van der Waals surface area (Å²) in [5.74, 6) is -0.882. The number of carbonyl (C=O) groups is 3. The molecular weight excluding hydrogens is 286 g/mol. The van der Waals surface area contributed by atoms with Crippen LogP contribution in [0, 0.1) is 0 Å². The summed E-state index contributed by atoms with van der Waals surface area (Å²) >= 11 is 0. The topological polar surface area (TPSA) is 102 Å². The van der Waals surface area contributed by atoms with E-state index >= 15 is 0 Å². The van der Waals surface area contributed by atoms with Gasteiger partial charge in [0, 0.05) is 26.7 Å². The summed E-state index contributed by atoms with van der Waals surface area (Å²) in [6, 6.07) is 6.68. The number of fused-ring (bicyclic) bond motifs is 1. The highest BCUT2D eigenvalue weighted by atomic mass is 16.5. The molecule has 0 aromatic heterocycles. The predicted molar refractivity (Wildman–Crippen MR) is 79.3 cm³/mol. The summed E-state index contributed by atoms with van der Waals surface area (Å²) in [5.41, 5.74) is 6.25. The van der Waals surface area contributed by atoms with Crippen molar-refractivity contribution >= 4 is 17.7 Å². The van der Waals surface area contributed by atoms with Crippen LogP contribution in [0.25, 0.3) is 0 Å². The van der Waals surface area contributed by atoms with Crippen LogP contribution in [0.5, 0.6) is 0 Å². The van der Waals surface area contributed by atoms with Gasteiger partial charge in [0.2, 0.25) is 5.91 Å². The summed E-state index contributed by atoms with van der Waals surface area (Å²) in [6.07, 6.45) is -0.186. The molecule has 1 heterocycles. The number of carbonyl (C=O) groups excluding carboxylic acids is 3. The first-order valence-electron chi connectivity index (χ1n) is 7.03. The molecule has 1 aliphatic rings. The molecule has 118 valence electrons. The lowest BCUT2D eigenvalue weighted by Crippen LogP contribution is -2.39. The van der Waals surface area contributed by atoms with Crippen molar-refractivity contribution in [3.63, 3.8) is 0 Å². The van der Waals surface area contributed by atoms with Gasteiger partial charge in [0.05, 0.1) is 23.7 Å². The number of hydrogen-bond donors (Lipinski definition) is 2. The molecule has 7 nitrogen and oxygen atoms in total. The molecule has 2 rings (SSSR count). The summed E-state index contributed by atoms with van der Waals surface area (Å²) in [6.45, 7) is 0.589. The van der Waals surface area contributed by atoms with E-state index < -0.39 is 0 Å². The molecule has 3 N–H and O–H groups in total. The van der Waals surface area contributed by atoms with E-state index in [0.29, 0.717) is 11.1 Å². The minimum Gasteiger partial charge on any atom is -0.380 e. The smallest absolute Gasteiger partial charge is 0.261 e. The number of amides is 3. The summed E-state index contributed by atoms with van der Waals surface area (Å²) < 4.78 is 5.02. The van der Waals surface area contributed by atoms with Crippen molar-refractivity contribution in [2.24, 2.45) is 5.73 Å². The number of imide groups is 1. The molecular formula is C15H19N3O4. The second-order valence-electron chi connectivity index (χ2n) is 4.96. The predicted octanol–water partition coefficient (Wildman–Crippen LogP) is -0.237. The van der Waals surface area contributed by atoms with E-state index in [0.717, 1.165) is 4.90 Å². The SMILES string of the molecule is COC(CN)CC(=O)NCCN1C(=O)c2ccccc2C1=O. The Bertz CT molecular complexity index is 549. The molecule has 0 saturated carbocycles. The van der Waals surface area contributed by atoms with E-state index in [4.69, 9.17) is 10.5 Å². The Morgan fingerprint density at radius 2 is 1.86 bits per heavy atom. The molecule has 3 amide bonds. The summed E-state index contributed by atoms with van der Waals surface area (Å²) in [7, 11) is 1.49. The van der Waals surface area contributed by atoms with Gasteiger partial charge in [0.25, 0.3) is 11.8 Å². The van der Waals surface area contributed by atoms with Crippen LogP contribution in [0.1, 0.15) is 27.1 Å². The van der Waals surface area contributed by atoms with Gasteiger partial charge in [0.1, 0.15) is 0 Å². The lowest BCUT2D eigenvalue weighted by molar-refractivity contribution is -0.123. The van der Waals surface area contributed by atoms with Gasteiger partial charge >= 0.3 is 0 Å². The Morgan fingerprint density at radius 1 is 1.27 bits per heavy atom. The average molecular weight is 305 g/mol. The van der Waals surface area contributed by atoms with Gasteiger partial charge in [-0.25, -0.2) is 0 Å². The second kappa shape index (κ2) is 7.15. The fraction of sp³-hybridized carbons (Fsp3) is 0.400. The average Bonchev–Trinajstić information content (AvgIpc) is 2.78. The quantitative estimate of drug-likeness (QED) is 0.677. The molecule has 0 aliphatic carbocycles. The van der Waals surface area contributed by atoms with Crippen LogP contribution in [0.3, 0.4) is 0 Å². The number of nitrogens with zero attached hydrogens (tertiary/aromatic N) is 1. The van der Waals surface area contributed by atoms with Crippen LogP contribution in [0.2, 0.25) is 0 Å². The normalized spacial score (nSPS) is 14.9. The lowest BCUT2D eigenvalue weighted by Gasteiger charge is -2.16. The number of nitrogens with one attached hydrogen (secondary N) is 1. The van der Waals surface area contributed by atoms with Crippen LogP contribution in [0.15, 0.2) is 24.3 Å². The zero-order valence-corrected chi connectivity index (χ0v) is 12.4. The van der Waals surface area contributed by atoms with Gasteiger partial charge in [-0.15, -0.1) is 0 Å². The third-order valence-corrected chi connectivity index (χ3v) is 3.55. The molecule has 0 bridgehead atoms.